The topological polar surface area (TPSA) is 80.8 Å². The quantitative estimate of drug-likeness (QED) is 0.639. The average molecular weight is 403 g/mol. The van der Waals surface area contributed by atoms with Crippen LogP contribution >= 0.6 is 0 Å². The van der Waals surface area contributed by atoms with Crippen LogP contribution in [0.25, 0.3) is 0 Å². The molecule has 1 atom stereocenters. The van der Waals surface area contributed by atoms with E-state index in [1.165, 1.54) is 4.90 Å². The normalized spacial score (nSPS) is 17.8. The Labute approximate surface area is 174 Å². The number of nitrogens with one attached hydrogen (secondary N) is 1. The largest absolute Gasteiger partial charge is 0.497 e. The first-order valence-corrected chi connectivity index (χ1v) is 9.41. The Hall–Kier alpha value is -3.87. The summed E-state index contributed by atoms with van der Waals surface area (Å²) in [7, 11) is 3.12. The molecule has 152 valence electrons. The van der Waals surface area contributed by atoms with E-state index in [9.17, 15) is 9.59 Å². The van der Waals surface area contributed by atoms with Crippen LogP contribution in [0.2, 0.25) is 0 Å². The molecule has 3 aromatic rings. The zero-order valence-electron chi connectivity index (χ0n) is 16.7. The lowest BCUT2D eigenvalue weighted by Crippen LogP contribution is -2.67. The highest BCUT2D eigenvalue weighted by Gasteiger charge is 2.58. The fourth-order valence-corrected chi connectivity index (χ4v) is 3.70. The molecule has 30 heavy (non-hydrogen) atoms. The van der Waals surface area contributed by atoms with Crippen molar-refractivity contribution in [2.24, 2.45) is 0 Å². The number of anilines is 2. The lowest BCUT2D eigenvalue weighted by atomic mass is 9.76. The minimum absolute atomic E-state index is 0.0334. The van der Waals surface area contributed by atoms with Gasteiger partial charge < -0.3 is 14.8 Å². The van der Waals surface area contributed by atoms with Crippen molar-refractivity contribution in [3.8, 4) is 11.5 Å². The van der Waals surface area contributed by atoms with Crippen LogP contribution < -0.4 is 19.7 Å². The van der Waals surface area contributed by atoms with Crippen molar-refractivity contribution < 1.29 is 19.1 Å². The number of nitrogens with zero attached hydrogens (tertiary/aromatic N) is 2. The van der Waals surface area contributed by atoms with Gasteiger partial charge in [-0.25, -0.2) is 0 Å². The van der Waals surface area contributed by atoms with Crippen molar-refractivity contribution >= 4 is 23.2 Å². The van der Waals surface area contributed by atoms with E-state index >= 15 is 0 Å². The second-order valence-electron chi connectivity index (χ2n) is 6.90. The van der Waals surface area contributed by atoms with Crippen LogP contribution in [-0.4, -0.2) is 31.0 Å². The first-order chi connectivity index (χ1) is 14.6. The van der Waals surface area contributed by atoms with Gasteiger partial charge in [-0.1, -0.05) is 18.2 Å². The number of rotatable bonds is 6. The van der Waals surface area contributed by atoms with E-state index in [1.54, 1.807) is 87.3 Å². The molecule has 1 unspecified atom stereocenters. The molecule has 0 saturated carbocycles. The van der Waals surface area contributed by atoms with E-state index in [0.29, 0.717) is 28.4 Å². The van der Waals surface area contributed by atoms with Crippen molar-refractivity contribution in [1.29, 1.82) is 0 Å². The third kappa shape index (κ3) is 3.24. The van der Waals surface area contributed by atoms with Crippen molar-refractivity contribution in [2.45, 2.75) is 12.0 Å². The van der Waals surface area contributed by atoms with Gasteiger partial charge in [0.25, 0.3) is 5.91 Å². The summed E-state index contributed by atoms with van der Waals surface area (Å²) >= 11 is 0. The standard InChI is InChI=1S/C23H21N3O4/c1-29-19-9-3-7-17(12-19)25-22(28)23(16-6-5-11-24-15-16)14-21(27)26(23)18-8-4-10-20(13-18)30-2/h3-13,15H,14H2,1-2H3,(H,25,28). The van der Waals surface area contributed by atoms with Gasteiger partial charge in [-0.3, -0.25) is 19.5 Å². The van der Waals surface area contributed by atoms with E-state index in [-0.39, 0.29) is 18.2 Å². The number of β-lactam (4-membered cyclic amide) rings is 1. The minimum atomic E-state index is -1.22. The lowest BCUT2D eigenvalue weighted by molar-refractivity contribution is -0.137. The maximum Gasteiger partial charge on any atom is 0.255 e. The van der Waals surface area contributed by atoms with Gasteiger partial charge in [-0.2, -0.15) is 0 Å². The third-order valence-electron chi connectivity index (χ3n) is 5.19. The molecule has 1 saturated heterocycles. The number of aromatic nitrogens is 1. The highest BCUT2D eigenvalue weighted by Crippen LogP contribution is 2.46. The van der Waals surface area contributed by atoms with Crippen LogP contribution in [0.1, 0.15) is 12.0 Å². The van der Waals surface area contributed by atoms with Crippen LogP contribution in [0.3, 0.4) is 0 Å². The highest BCUT2D eigenvalue weighted by molar-refractivity contribution is 6.17. The van der Waals surface area contributed by atoms with Gasteiger partial charge in [0.1, 0.15) is 11.5 Å². The molecule has 0 bridgehead atoms. The fourth-order valence-electron chi connectivity index (χ4n) is 3.70. The summed E-state index contributed by atoms with van der Waals surface area (Å²) in [6.45, 7) is 0. The summed E-state index contributed by atoms with van der Waals surface area (Å²) in [5.41, 5.74) is 0.566. The van der Waals surface area contributed by atoms with Gasteiger partial charge in [0.05, 0.1) is 20.6 Å². The number of carbonyl (C=O) groups is 2. The third-order valence-corrected chi connectivity index (χ3v) is 5.19. The van der Waals surface area contributed by atoms with E-state index in [1.807, 2.05) is 0 Å². The predicted molar refractivity (Wildman–Crippen MR) is 113 cm³/mol. The van der Waals surface area contributed by atoms with Crippen LogP contribution in [0.4, 0.5) is 11.4 Å². The van der Waals surface area contributed by atoms with Gasteiger partial charge in [0.2, 0.25) is 5.91 Å². The van der Waals surface area contributed by atoms with Gasteiger partial charge in [0.15, 0.2) is 5.54 Å². The van der Waals surface area contributed by atoms with Crippen LogP contribution in [-0.2, 0) is 15.1 Å². The molecule has 7 nitrogen and oxygen atoms in total. The number of benzene rings is 2. The molecular weight excluding hydrogens is 382 g/mol. The molecule has 0 aliphatic carbocycles. The first kappa shape index (κ1) is 19.4. The first-order valence-electron chi connectivity index (χ1n) is 9.41. The summed E-state index contributed by atoms with van der Waals surface area (Å²) in [6.07, 6.45) is 3.28. The van der Waals surface area contributed by atoms with Gasteiger partial charge in [-0.05, 0) is 30.3 Å². The maximum absolute atomic E-state index is 13.6. The van der Waals surface area contributed by atoms with Gasteiger partial charge in [0, 0.05) is 41.5 Å². The SMILES string of the molecule is COc1cccc(NC(=O)C2(c3cccnc3)CC(=O)N2c2cccc(OC)c2)c1. The molecule has 1 aliphatic heterocycles. The minimum Gasteiger partial charge on any atom is -0.497 e. The molecule has 1 fully saturated rings. The van der Waals surface area contributed by atoms with E-state index in [0.717, 1.165) is 0 Å². The van der Waals surface area contributed by atoms with Crippen molar-refractivity contribution in [3.05, 3.63) is 78.6 Å². The number of hydrogen-bond donors (Lipinski definition) is 1. The Morgan fingerprint density at radius 3 is 2.43 bits per heavy atom. The van der Waals surface area contributed by atoms with Gasteiger partial charge in [-0.15, -0.1) is 0 Å². The highest BCUT2D eigenvalue weighted by atomic mass is 16.5. The molecule has 0 radical (unpaired) electrons. The molecule has 1 aromatic heterocycles. The zero-order chi connectivity index (χ0) is 21.1. The summed E-state index contributed by atoms with van der Waals surface area (Å²) in [4.78, 5) is 32.0. The maximum atomic E-state index is 13.6. The van der Waals surface area contributed by atoms with Crippen molar-refractivity contribution in [1.82, 2.24) is 4.98 Å². The molecule has 7 heteroatoms. The number of methoxy groups -OCH3 is 2. The second-order valence-corrected chi connectivity index (χ2v) is 6.90. The summed E-state index contributed by atoms with van der Waals surface area (Å²) in [6, 6.07) is 17.7. The smallest absolute Gasteiger partial charge is 0.255 e. The van der Waals surface area contributed by atoms with E-state index in [2.05, 4.69) is 10.3 Å². The number of pyridine rings is 1. The number of amides is 2. The Morgan fingerprint density at radius 2 is 1.77 bits per heavy atom. The van der Waals surface area contributed by atoms with Crippen LogP contribution in [0, 0.1) is 0 Å². The fraction of sp³-hybridized carbons (Fsp3) is 0.174. The zero-order valence-corrected chi connectivity index (χ0v) is 16.7. The molecule has 1 aliphatic rings. The number of ether oxygens (including phenoxy) is 2. The molecule has 4 rings (SSSR count). The lowest BCUT2D eigenvalue weighted by Gasteiger charge is -2.50. The molecule has 2 amide bonds. The number of hydrogen-bond acceptors (Lipinski definition) is 5. The Morgan fingerprint density at radius 1 is 1.03 bits per heavy atom. The molecule has 2 aromatic carbocycles. The predicted octanol–water partition coefficient (Wildman–Crippen LogP) is 3.37. The Balaban J connectivity index is 1.77. The summed E-state index contributed by atoms with van der Waals surface area (Å²) in [5.74, 6) is 0.733. The average Bonchev–Trinajstić information content (AvgIpc) is 2.78. The summed E-state index contributed by atoms with van der Waals surface area (Å²) in [5, 5.41) is 2.93. The van der Waals surface area contributed by atoms with Crippen LogP contribution in [0.15, 0.2) is 73.1 Å². The Bertz CT molecular complexity index is 1090. The number of carbonyl (C=O) groups excluding carboxylic acids is 2. The molecule has 2 heterocycles. The van der Waals surface area contributed by atoms with E-state index in [4.69, 9.17) is 9.47 Å². The van der Waals surface area contributed by atoms with Crippen molar-refractivity contribution in [2.75, 3.05) is 24.4 Å². The van der Waals surface area contributed by atoms with Crippen LogP contribution in [0.5, 0.6) is 11.5 Å². The monoisotopic (exact) mass is 403 g/mol. The second kappa shape index (κ2) is 7.87. The molecule has 1 N–H and O–H groups in total. The Kier molecular flexibility index (Phi) is 5.10. The van der Waals surface area contributed by atoms with E-state index < -0.39 is 5.54 Å². The summed E-state index contributed by atoms with van der Waals surface area (Å²) < 4.78 is 10.5. The molecule has 0 spiro atoms. The van der Waals surface area contributed by atoms with Gasteiger partial charge >= 0.3 is 0 Å². The molecular formula is C23H21N3O4. The van der Waals surface area contributed by atoms with Crippen molar-refractivity contribution in [3.63, 3.8) is 0 Å².